The Labute approximate surface area is 87.5 Å². The number of carbonyl (C=O) groups excluding carboxylic acids is 1. The molecular formula is C12H10NO2. The molecule has 0 heterocycles. The quantitative estimate of drug-likeness (QED) is 0.748. The van der Waals surface area contributed by atoms with Gasteiger partial charge in [-0.2, -0.15) is 0 Å². The molecule has 2 rings (SSSR count). The van der Waals surface area contributed by atoms with E-state index >= 15 is 0 Å². The average molecular weight is 200 g/mol. The number of hydrogen-bond acceptors (Lipinski definition) is 2. The van der Waals surface area contributed by atoms with Gasteiger partial charge in [0.15, 0.2) is 0 Å². The Hall–Kier alpha value is -2.03. The molecule has 1 radical (unpaired) electrons. The van der Waals surface area contributed by atoms with Crippen molar-refractivity contribution in [3.63, 3.8) is 0 Å². The summed E-state index contributed by atoms with van der Waals surface area (Å²) in [6.07, 6.45) is -0.997. The summed E-state index contributed by atoms with van der Waals surface area (Å²) in [6.45, 7) is 0.156. The van der Waals surface area contributed by atoms with E-state index in [0.29, 0.717) is 0 Å². The maximum absolute atomic E-state index is 10.4. The Morgan fingerprint density at radius 2 is 1.87 bits per heavy atom. The van der Waals surface area contributed by atoms with Gasteiger partial charge in [0.1, 0.15) is 6.61 Å². The standard InChI is InChI=1S/C12H10NO2/c13-12(14)15-8-10-6-3-5-9-4-1-2-7-11(9)10/h1-7,13H,8H2. The lowest BCUT2D eigenvalue weighted by Crippen LogP contribution is -2.02. The van der Waals surface area contributed by atoms with Gasteiger partial charge in [-0.15, -0.1) is 0 Å². The molecule has 75 valence electrons. The second kappa shape index (κ2) is 4.00. The molecule has 1 N–H and O–H groups in total. The molecule has 0 aromatic heterocycles. The lowest BCUT2D eigenvalue weighted by atomic mass is 10.1. The summed E-state index contributed by atoms with van der Waals surface area (Å²) in [4.78, 5) is 10.4. The van der Waals surface area contributed by atoms with Crippen molar-refractivity contribution in [3.8, 4) is 0 Å². The highest BCUT2D eigenvalue weighted by atomic mass is 16.5. The summed E-state index contributed by atoms with van der Waals surface area (Å²) < 4.78 is 4.66. The minimum Gasteiger partial charge on any atom is -0.443 e. The van der Waals surface area contributed by atoms with Gasteiger partial charge in [-0.05, 0) is 16.3 Å². The summed E-state index contributed by atoms with van der Waals surface area (Å²) in [5.74, 6) is 0. The van der Waals surface area contributed by atoms with Gasteiger partial charge in [-0.3, -0.25) is 0 Å². The van der Waals surface area contributed by atoms with Crippen LogP contribution in [-0.2, 0) is 11.3 Å². The van der Waals surface area contributed by atoms with Crippen molar-refractivity contribution in [2.75, 3.05) is 0 Å². The molecule has 0 saturated carbocycles. The van der Waals surface area contributed by atoms with Gasteiger partial charge in [0, 0.05) is 0 Å². The van der Waals surface area contributed by atoms with E-state index < -0.39 is 6.09 Å². The number of rotatable bonds is 2. The zero-order valence-corrected chi connectivity index (χ0v) is 8.07. The number of nitrogens with one attached hydrogen (secondary N) is 1. The Bertz CT molecular complexity index is 488. The Balaban J connectivity index is 2.38. The lowest BCUT2D eigenvalue weighted by molar-refractivity contribution is 0.149. The third-order valence-electron chi connectivity index (χ3n) is 2.24. The van der Waals surface area contributed by atoms with Gasteiger partial charge < -0.3 is 4.74 Å². The van der Waals surface area contributed by atoms with Crippen LogP contribution in [0, 0.1) is 0 Å². The maximum Gasteiger partial charge on any atom is 0.426 e. The van der Waals surface area contributed by atoms with Crippen LogP contribution >= 0.6 is 0 Å². The van der Waals surface area contributed by atoms with E-state index in [-0.39, 0.29) is 6.61 Å². The molecule has 15 heavy (non-hydrogen) atoms. The van der Waals surface area contributed by atoms with Crippen molar-refractivity contribution >= 4 is 16.9 Å². The molecule has 0 aliphatic rings. The third kappa shape index (κ3) is 2.07. The van der Waals surface area contributed by atoms with Crippen molar-refractivity contribution in [1.29, 1.82) is 0 Å². The fourth-order valence-corrected chi connectivity index (χ4v) is 1.56. The van der Waals surface area contributed by atoms with Gasteiger partial charge in [0.05, 0.1) is 0 Å². The first-order valence-corrected chi connectivity index (χ1v) is 4.62. The van der Waals surface area contributed by atoms with E-state index in [0.717, 1.165) is 16.3 Å². The van der Waals surface area contributed by atoms with Gasteiger partial charge in [0.2, 0.25) is 0 Å². The van der Waals surface area contributed by atoms with Crippen LogP contribution in [0.3, 0.4) is 0 Å². The van der Waals surface area contributed by atoms with Gasteiger partial charge in [-0.25, -0.2) is 10.5 Å². The molecule has 0 fully saturated rings. The van der Waals surface area contributed by atoms with Gasteiger partial charge in [0.25, 0.3) is 0 Å². The van der Waals surface area contributed by atoms with Crippen LogP contribution in [-0.4, -0.2) is 6.09 Å². The first kappa shape index (κ1) is 9.52. The predicted molar refractivity (Wildman–Crippen MR) is 57.2 cm³/mol. The molecule has 0 spiro atoms. The Morgan fingerprint density at radius 1 is 1.13 bits per heavy atom. The number of fused-ring (bicyclic) bond motifs is 1. The lowest BCUT2D eigenvalue weighted by Gasteiger charge is -2.05. The summed E-state index contributed by atoms with van der Waals surface area (Å²) in [5, 5.41) is 2.16. The molecule has 2 aromatic carbocycles. The summed E-state index contributed by atoms with van der Waals surface area (Å²) in [7, 11) is 0. The van der Waals surface area contributed by atoms with E-state index in [9.17, 15) is 4.79 Å². The fourth-order valence-electron chi connectivity index (χ4n) is 1.56. The zero-order chi connectivity index (χ0) is 10.7. The molecule has 0 aliphatic carbocycles. The molecule has 0 saturated heterocycles. The van der Waals surface area contributed by atoms with Gasteiger partial charge >= 0.3 is 6.09 Å². The van der Waals surface area contributed by atoms with Gasteiger partial charge in [-0.1, -0.05) is 42.5 Å². The minimum atomic E-state index is -0.997. The smallest absolute Gasteiger partial charge is 0.426 e. The van der Waals surface area contributed by atoms with E-state index in [1.165, 1.54) is 0 Å². The first-order valence-electron chi connectivity index (χ1n) is 4.62. The fraction of sp³-hybridized carbons (Fsp3) is 0.0833. The SMILES string of the molecule is [NH]C(=O)OCc1cccc2ccccc12. The summed E-state index contributed by atoms with van der Waals surface area (Å²) in [5.41, 5.74) is 7.60. The summed E-state index contributed by atoms with van der Waals surface area (Å²) >= 11 is 0. The van der Waals surface area contributed by atoms with Crippen molar-refractivity contribution in [1.82, 2.24) is 5.73 Å². The predicted octanol–water partition coefficient (Wildman–Crippen LogP) is 2.76. The van der Waals surface area contributed by atoms with Crippen molar-refractivity contribution in [2.45, 2.75) is 6.61 Å². The average Bonchev–Trinajstić information content (AvgIpc) is 2.26. The molecular weight excluding hydrogens is 190 g/mol. The monoisotopic (exact) mass is 200 g/mol. The maximum atomic E-state index is 10.4. The Kier molecular flexibility index (Phi) is 2.54. The third-order valence-corrected chi connectivity index (χ3v) is 2.24. The minimum absolute atomic E-state index is 0.156. The zero-order valence-electron chi connectivity index (χ0n) is 8.07. The molecule has 1 amide bonds. The second-order valence-electron chi connectivity index (χ2n) is 3.21. The van der Waals surface area contributed by atoms with Crippen molar-refractivity contribution < 1.29 is 9.53 Å². The van der Waals surface area contributed by atoms with Crippen molar-refractivity contribution in [3.05, 3.63) is 48.0 Å². The van der Waals surface area contributed by atoms with Crippen LogP contribution in [0.15, 0.2) is 42.5 Å². The summed E-state index contributed by atoms with van der Waals surface area (Å²) in [6, 6.07) is 13.7. The van der Waals surface area contributed by atoms with E-state index in [1.807, 2.05) is 42.5 Å². The molecule has 3 heteroatoms. The number of hydrogen-bond donors (Lipinski definition) is 0. The number of carbonyl (C=O) groups is 1. The molecule has 0 unspecified atom stereocenters. The van der Waals surface area contributed by atoms with Crippen LogP contribution in [0.4, 0.5) is 4.79 Å². The number of amides is 1. The second-order valence-corrected chi connectivity index (χ2v) is 3.21. The molecule has 0 atom stereocenters. The van der Waals surface area contributed by atoms with Crippen LogP contribution < -0.4 is 5.73 Å². The molecule has 3 nitrogen and oxygen atoms in total. The van der Waals surface area contributed by atoms with E-state index in [4.69, 9.17) is 5.73 Å². The van der Waals surface area contributed by atoms with Crippen LogP contribution in [0.1, 0.15) is 5.56 Å². The van der Waals surface area contributed by atoms with Crippen LogP contribution in [0.2, 0.25) is 0 Å². The van der Waals surface area contributed by atoms with Crippen molar-refractivity contribution in [2.24, 2.45) is 0 Å². The molecule has 0 aliphatic heterocycles. The highest BCUT2D eigenvalue weighted by molar-refractivity contribution is 5.85. The van der Waals surface area contributed by atoms with Crippen LogP contribution in [0.5, 0.6) is 0 Å². The largest absolute Gasteiger partial charge is 0.443 e. The van der Waals surface area contributed by atoms with E-state index in [1.54, 1.807) is 0 Å². The molecule has 0 bridgehead atoms. The normalized spacial score (nSPS) is 10.1. The first-order chi connectivity index (χ1) is 7.27. The highest BCUT2D eigenvalue weighted by Crippen LogP contribution is 2.18. The highest BCUT2D eigenvalue weighted by Gasteiger charge is 2.02. The number of benzene rings is 2. The topological polar surface area (TPSA) is 50.1 Å². The van der Waals surface area contributed by atoms with E-state index in [2.05, 4.69) is 4.74 Å². The van der Waals surface area contributed by atoms with Crippen LogP contribution in [0.25, 0.3) is 10.8 Å². The molecule has 2 aromatic rings. The number of ether oxygens (including phenoxy) is 1. The Morgan fingerprint density at radius 3 is 2.67 bits per heavy atom.